The van der Waals surface area contributed by atoms with Crippen LogP contribution in [0.25, 0.3) is 0 Å². The molecule has 0 bridgehead atoms. The molecule has 0 unspecified atom stereocenters. The van der Waals surface area contributed by atoms with Crippen LogP contribution in [0, 0.1) is 5.92 Å². The van der Waals surface area contributed by atoms with Crippen LogP contribution in [0.1, 0.15) is 52.5 Å². The van der Waals surface area contributed by atoms with Crippen molar-refractivity contribution in [1.82, 2.24) is 14.1 Å². The number of piperidine rings is 1. The zero-order chi connectivity index (χ0) is 27.6. The number of likely N-dealkylation sites (N-methyl/N-ethyl adjacent to an activating group) is 1. The molecule has 2 fully saturated rings. The highest BCUT2D eigenvalue weighted by molar-refractivity contribution is 7.89. The molecule has 2 aliphatic rings. The maximum atomic E-state index is 13.3. The van der Waals surface area contributed by atoms with Crippen molar-refractivity contribution in [2.45, 2.75) is 68.9 Å². The van der Waals surface area contributed by atoms with Crippen LogP contribution in [0.15, 0.2) is 65.6 Å². The third-order valence-electron chi connectivity index (χ3n) is 8.02. The molecule has 4 rings (SSSR count). The Labute approximate surface area is 228 Å². The Morgan fingerprint density at radius 3 is 2.24 bits per heavy atom. The number of sulfonamides is 1. The van der Waals surface area contributed by atoms with E-state index in [1.54, 1.807) is 31.3 Å². The zero-order valence-corrected chi connectivity index (χ0v) is 24.3. The molecule has 3 atom stereocenters. The molecule has 0 aliphatic carbocycles. The second kappa shape index (κ2) is 11.4. The maximum Gasteiger partial charge on any atom is 0.410 e. The van der Waals surface area contributed by atoms with Crippen LogP contribution in [0.3, 0.4) is 0 Å². The normalized spacial score (nSPS) is 22.2. The van der Waals surface area contributed by atoms with Crippen LogP contribution < -0.4 is 0 Å². The van der Waals surface area contributed by atoms with Crippen molar-refractivity contribution < 1.29 is 17.9 Å². The fourth-order valence-electron chi connectivity index (χ4n) is 5.92. The molecule has 2 heterocycles. The molecule has 0 aromatic heterocycles. The Morgan fingerprint density at radius 1 is 0.974 bits per heavy atom. The van der Waals surface area contributed by atoms with Gasteiger partial charge in [0.15, 0.2) is 0 Å². The Kier molecular flexibility index (Phi) is 8.55. The van der Waals surface area contributed by atoms with Gasteiger partial charge in [-0.1, -0.05) is 55.5 Å². The number of hydrogen-bond donors (Lipinski definition) is 0. The van der Waals surface area contributed by atoms with Crippen LogP contribution in [0.4, 0.5) is 4.79 Å². The molecule has 2 saturated heterocycles. The molecule has 0 spiro atoms. The van der Waals surface area contributed by atoms with E-state index >= 15 is 0 Å². The monoisotopic (exact) mass is 541 g/mol. The molecule has 38 heavy (non-hydrogen) atoms. The van der Waals surface area contributed by atoms with Gasteiger partial charge in [0.05, 0.1) is 4.90 Å². The SMILES string of the molecule is CN(C[C@@](C)(CCN1CC[C@@H]2[C@@H](CCN2C(=O)OC(C)(C)C)C1)c1ccccc1)S(=O)(=O)c1ccccc1. The number of fused-ring (bicyclic) bond motifs is 1. The summed E-state index contributed by atoms with van der Waals surface area (Å²) in [6, 6.07) is 19.1. The van der Waals surface area contributed by atoms with Crippen molar-refractivity contribution in [3.8, 4) is 0 Å². The van der Waals surface area contributed by atoms with E-state index < -0.39 is 15.6 Å². The van der Waals surface area contributed by atoms with Gasteiger partial charge in [-0.3, -0.25) is 0 Å². The highest BCUT2D eigenvalue weighted by Gasteiger charge is 2.42. The van der Waals surface area contributed by atoms with Gasteiger partial charge in [-0.2, -0.15) is 0 Å². The molecule has 0 saturated carbocycles. The van der Waals surface area contributed by atoms with Gasteiger partial charge < -0.3 is 14.5 Å². The lowest BCUT2D eigenvalue weighted by molar-refractivity contribution is 0.0140. The Morgan fingerprint density at radius 2 is 1.61 bits per heavy atom. The van der Waals surface area contributed by atoms with E-state index in [-0.39, 0.29) is 17.6 Å². The summed E-state index contributed by atoms with van der Waals surface area (Å²) >= 11 is 0. The highest BCUT2D eigenvalue weighted by atomic mass is 32.2. The van der Waals surface area contributed by atoms with Crippen molar-refractivity contribution in [2.24, 2.45) is 5.92 Å². The zero-order valence-electron chi connectivity index (χ0n) is 23.5. The Balaban J connectivity index is 1.43. The number of hydrogen-bond acceptors (Lipinski definition) is 5. The molecule has 0 radical (unpaired) electrons. The molecular weight excluding hydrogens is 498 g/mol. The van der Waals surface area contributed by atoms with Gasteiger partial charge >= 0.3 is 6.09 Å². The fraction of sp³-hybridized carbons (Fsp3) is 0.567. The van der Waals surface area contributed by atoms with Crippen LogP contribution in [-0.4, -0.2) is 80.0 Å². The molecular formula is C30H43N3O4S. The minimum absolute atomic E-state index is 0.197. The van der Waals surface area contributed by atoms with Crippen molar-refractivity contribution in [2.75, 3.05) is 39.8 Å². The number of carbonyl (C=O) groups is 1. The quantitative estimate of drug-likeness (QED) is 0.471. The molecule has 208 valence electrons. The van der Waals surface area contributed by atoms with Crippen LogP contribution in [0.5, 0.6) is 0 Å². The van der Waals surface area contributed by atoms with E-state index in [9.17, 15) is 13.2 Å². The van der Waals surface area contributed by atoms with Crippen molar-refractivity contribution in [3.05, 3.63) is 66.2 Å². The summed E-state index contributed by atoms with van der Waals surface area (Å²) in [7, 11) is -1.91. The van der Waals surface area contributed by atoms with E-state index in [0.29, 0.717) is 17.4 Å². The first-order valence-corrected chi connectivity index (χ1v) is 15.1. The first-order chi connectivity index (χ1) is 17.9. The molecule has 2 aromatic carbocycles. The largest absolute Gasteiger partial charge is 0.444 e. The lowest BCUT2D eigenvalue weighted by Crippen LogP contribution is -2.49. The number of benzene rings is 2. The third-order valence-corrected chi connectivity index (χ3v) is 9.84. The first-order valence-electron chi connectivity index (χ1n) is 13.7. The van der Waals surface area contributed by atoms with E-state index in [0.717, 1.165) is 51.0 Å². The van der Waals surface area contributed by atoms with Gasteiger partial charge in [0.2, 0.25) is 10.0 Å². The Bertz CT molecular complexity index is 1180. The van der Waals surface area contributed by atoms with Crippen molar-refractivity contribution in [3.63, 3.8) is 0 Å². The average Bonchev–Trinajstić information content (AvgIpc) is 3.31. The van der Waals surface area contributed by atoms with Crippen LogP contribution in [-0.2, 0) is 20.2 Å². The molecule has 1 amide bonds. The molecule has 2 aromatic rings. The van der Waals surface area contributed by atoms with E-state index in [1.165, 1.54) is 4.31 Å². The molecule has 0 N–H and O–H groups in total. The van der Waals surface area contributed by atoms with Crippen LogP contribution in [0.2, 0.25) is 0 Å². The number of rotatable bonds is 8. The predicted molar refractivity (Wildman–Crippen MR) is 151 cm³/mol. The number of ether oxygens (including phenoxy) is 1. The molecule has 2 aliphatic heterocycles. The topological polar surface area (TPSA) is 70.2 Å². The van der Waals surface area contributed by atoms with Gasteiger partial charge in [-0.15, -0.1) is 0 Å². The number of amides is 1. The molecule has 7 nitrogen and oxygen atoms in total. The summed E-state index contributed by atoms with van der Waals surface area (Å²) in [5, 5.41) is 0. The van der Waals surface area contributed by atoms with E-state index in [1.807, 2.05) is 49.9 Å². The van der Waals surface area contributed by atoms with Gasteiger partial charge in [-0.25, -0.2) is 17.5 Å². The standard InChI is InChI=1S/C30H43N3O4S/c1-29(2,3)37-28(34)33-20-16-24-22-32(19-17-27(24)33)21-18-30(4,25-12-8-6-9-13-25)23-31(5)38(35,36)26-14-10-7-11-15-26/h6-15,24,27H,16-23H2,1-5H3/t24-,27+,30+/m0/s1. The Hall–Kier alpha value is -2.42. The second-order valence-corrected chi connectivity index (χ2v) is 14.2. The summed E-state index contributed by atoms with van der Waals surface area (Å²) in [5.74, 6) is 0.445. The second-order valence-electron chi connectivity index (χ2n) is 12.1. The summed E-state index contributed by atoms with van der Waals surface area (Å²) in [5.41, 5.74) is 0.299. The predicted octanol–water partition coefficient (Wildman–Crippen LogP) is 4.99. The summed E-state index contributed by atoms with van der Waals surface area (Å²) in [6.07, 6.45) is 2.57. The van der Waals surface area contributed by atoms with Crippen molar-refractivity contribution >= 4 is 16.1 Å². The minimum Gasteiger partial charge on any atom is -0.444 e. The number of nitrogens with zero attached hydrogens (tertiary/aromatic N) is 3. The van der Waals surface area contributed by atoms with Gasteiger partial charge in [0.25, 0.3) is 0 Å². The lowest BCUT2D eigenvalue weighted by Gasteiger charge is -2.40. The summed E-state index contributed by atoms with van der Waals surface area (Å²) in [6.45, 7) is 11.8. The lowest BCUT2D eigenvalue weighted by atomic mass is 9.79. The summed E-state index contributed by atoms with van der Waals surface area (Å²) < 4.78 is 33.8. The first kappa shape index (κ1) is 28.6. The van der Waals surface area contributed by atoms with E-state index in [4.69, 9.17) is 4.74 Å². The van der Waals surface area contributed by atoms with Crippen molar-refractivity contribution in [1.29, 1.82) is 0 Å². The summed E-state index contributed by atoms with van der Waals surface area (Å²) in [4.78, 5) is 17.5. The third kappa shape index (κ3) is 6.58. The van der Waals surface area contributed by atoms with Gasteiger partial charge in [0.1, 0.15) is 5.60 Å². The average molecular weight is 542 g/mol. The van der Waals surface area contributed by atoms with Gasteiger partial charge in [0, 0.05) is 44.7 Å². The fourth-order valence-corrected chi connectivity index (χ4v) is 7.23. The number of carbonyl (C=O) groups excluding carboxylic acids is 1. The molecule has 8 heteroatoms. The van der Waals surface area contributed by atoms with E-state index in [2.05, 4.69) is 24.0 Å². The minimum atomic E-state index is -3.59. The van der Waals surface area contributed by atoms with Crippen LogP contribution >= 0.6 is 0 Å². The smallest absolute Gasteiger partial charge is 0.410 e. The highest BCUT2D eigenvalue weighted by Crippen LogP contribution is 2.35. The maximum absolute atomic E-state index is 13.3. The van der Waals surface area contributed by atoms with Gasteiger partial charge in [-0.05, 0) is 70.2 Å². The number of likely N-dealkylation sites (tertiary alicyclic amines) is 2.